The topological polar surface area (TPSA) is 71.5 Å². The van der Waals surface area contributed by atoms with E-state index in [2.05, 4.69) is 10.3 Å². The number of piperidine rings is 1. The van der Waals surface area contributed by atoms with Gasteiger partial charge in [-0.2, -0.15) is 0 Å². The quantitative estimate of drug-likeness (QED) is 0.834. The predicted octanol–water partition coefficient (Wildman–Crippen LogP) is 3.17. The Morgan fingerprint density at radius 1 is 1.25 bits per heavy atom. The van der Waals surface area contributed by atoms with E-state index in [9.17, 15) is 9.59 Å². The van der Waals surface area contributed by atoms with E-state index >= 15 is 0 Å². The van der Waals surface area contributed by atoms with Gasteiger partial charge in [0.05, 0.1) is 12.5 Å². The van der Waals surface area contributed by atoms with E-state index in [1.54, 1.807) is 18.0 Å². The summed E-state index contributed by atoms with van der Waals surface area (Å²) < 4.78 is 5.75. The van der Waals surface area contributed by atoms with Crippen molar-refractivity contribution in [3.05, 3.63) is 59.8 Å². The summed E-state index contributed by atoms with van der Waals surface area (Å²) in [5.74, 6) is 0.190. The highest BCUT2D eigenvalue weighted by Gasteiger charge is 2.31. The lowest BCUT2D eigenvalue weighted by atomic mass is 9.96. The zero-order valence-corrected chi connectivity index (χ0v) is 16.4. The number of nitrogens with zero attached hydrogens (tertiary/aromatic N) is 2. The van der Waals surface area contributed by atoms with Gasteiger partial charge in [0.15, 0.2) is 0 Å². The molecule has 1 N–H and O–H groups in total. The van der Waals surface area contributed by atoms with Crippen LogP contribution in [-0.4, -0.2) is 40.9 Å². The summed E-state index contributed by atoms with van der Waals surface area (Å²) in [6.45, 7) is 5.14. The molecule has 2 aromatic rings. The summed E-state index contributed by atoms with van der Waals surface area (Å²) in [4.78, 5) is 31.4. The van der Waals surface area contributed by atoms with Gasteiger partial charge in [0.2, 0.25) is 5.91 Å². The van der Waals surface area contributed by atoms with Crippen LogP contribution in [0.5, 0.6) is 0 Å². The van der Waals surface area contributed by atoms with Crippen molar-refractivity contribution in [2.75, 3.05) is 18.4 Å². The molecule has 1 fully saturated rings. The number of carbonyl (C=O) groups excluding carboxylic acids is 2. The van der Waals surface area contributed by atoms with Gasteiger partial charge < -0.3 is 15.0 Å². The van der Waals surface area contributed by atoms with Crippen LogP contribution in [0.3, 0.4) is 0 Å². The maximum Gasteiger partial charge on any atom is 0.251 e. The Kier molecular flexibility index (Phi) is 6.76. The first-order valence-electron chi connectivity index (χ1n) is 9.71. The van der Waals surface area contributed by atoms with Crippen LogP contribution in [0.1, 0.15) is 30.9 Å². The summed E-state index contributed by atoms with van der Waals surface area (Å²) in [5, 5.41) is 2.90. The van der Waals surface area contributed by atoms with Crippen LogP contribution in [0, 0.1) is 12.8 Å². The molecule has 1 aromatic heterocycles. The van der Waals surface area contributed by atoms with Crippen molar-refractivity contribution in [1.82, 2.24) is 9.88 Å². The van der Waals surface area contributed by atoms with Gasteiger partial charge in [-0.25, -0.2) is 4.98 Å². The highest BCUT2D eigenvalue weighted by Crippen LogP contribution is 2.20. The first-order valence-corrected chi connectivity index (χ1v) is 9.71. The van der Waals surface area contributed by atoms with Crippen LogP contribution >= 0.6 is 0 Å². The molecule has 1 saturated heterocycles. The zero-order chi connectivity index (χ0) is 19.9. The molecule has 0 spiro atoms. The number of benzene rings is 1. The van der Waals surface area contributed by atoms with Gasteiger partial charge >= 0.3 is 0 Å². The standard InChI is InChI=1S/C22H27N3O3/c1-16-8-6-12-23-20(16)24-21(26)19-11-7-13-25(14-19)22(27)17(2)28-15-18-9-4-3-5-10-18/h3-6,8-10,12,17,19H,7,11,13-15H2,1-2H3,(H,23,24,26). The lowest BCUT2D eigenvalue weighted by molar-refractivity contribution is -0.146. The SMILES string of the molecule is Cc1cccnc1NC(=O)C1CCCN(C(=O)C(C)OCc2ccccc2)C1. The lowest BCUT2D eigenvalue weighted by Crippen LogP contribution is -2.47. The summed E-state index contributed by atoms with van der Waals surface area (Å²) in [7, 11) is 0. The molecule has 0 aliphatic carbocycles. The van der Waals surface area contributed by atoms with Gasteiger partial charge in [-0.05, 0) is 43.9 Å². The highest BCUT2D eigenvalue weighted by molar-refractivity contribution is 5.93. The molecule has 2 atom stereocenters. The summed E-state index contributed by atoms with van der Waals surface area (Å²) in [6.07, 6.45) is 2.68. The molecule has 3 rings (SSSR count). The molecule has 2 amide bonds. The van der Waals surface area contributed by atoms with Crippen LogP contribution in [-0.2, 0) is 20.9 Å². The number of nitrogens with one attached hydrogen (secondary N) is 1. The molecule has 28 heavy (non-hydrogen) atoms. The second-order valence-corrected chi connectivity index (χ2v) is 7.22. The van der Waals surface area contributed by atoms with Crippen LogP contribution in [0.25, 0.3) is 0 Å². The van der Waals surface area contributed by atoms with E-state index in [1.807, 2.05) is 49.4 Å². The number of hydrogen-bond donors (Lipinski definition) is 1. The molecular weight excluding hydrogens is 354 g/mol. The highest BCUT2D eigenvalue weighted by atomic mass is 16.5. The van der Waals surface area contributed by atoms with Crippen LogP contribution in [0.4, 0.5) is 5.82 Å². The molecule has 6 nitrogen and oxygen atoms in total. The molecular formula is C22H27N3O3. The average molecular weight is 381 g/mol. The first kappa shape index (κ1) is 20.0. The molecule has 2 heterocycles. The third kappa shape index (κ3) is 5.16. The maximum absolute atomic E-state index is 12.8. The van der Waals surface area contributed by atoms with E-state index in [1.165, 1.54) is 0 Å². The fourth-order valence-corrected chi connectivity index (χ4v) is 3.35. The second-order valence-electron chi connectivity index (χ2n) is 7.22. The number of likely N-dealkylation sites (tertiary alicyclic amines) is 1. The number of ether oxygens (including phenoxy) is 1. The molecule has 1 aliphatic heterocycles. The minimum Gasteiger partial charge on any atom is -0.364 e. The molecule has 0 saturated carbocycles. The summed E-state index contributed by atoms with van der Waals surface area (Å²) in [5.41, 5.74) is 1.95. The first-order chi connectivity index (χ1) is 13.5. The number of aryl methyl sites for hydroxylation is 1. The van der Waals surface area contributed by atoms with Crippen molar-refractivity contribution in [3.8, 4) is 0 Å². The molecule has 0 radical (unpaired) electrons. The molecule has 1 aliphatic rings. The Balaban J connectivity index is 1.54. The largest absolute Gasteiger partial charge is 0.364 e. The Bertz CT molecular complexity index is 810. The number of anilines is 1. The van der Waals surface area contributed by atoms with E-state index < -0.39 is 6.10 Å². The number of rotatable bonds is 6. The molecule has 148 valence electrons. The van der Waals surface area contributed by atoms with Crippen LogP contribution in [0.15, 0.2) is 48.7 Å². The van der Waals surface area contributed by atoms with Crippen molar-refractivity contribution in [3.63, 3.8) is 0 Å². The number of carbonyl (C=O) groups is 2. The molecule has 0 bridgehead atoms. The zero-order valence-electron chi connectivity index (χ0n) is 16.4. The minimum absolute atomic E-state index is 0.0672. The Morgan fingerprint density at radius 3 is 2.79 bits per heavy atom. The van der Waals surface area contributed by atoms with Crippen molar-refractivity contribution in [1.29, 1.82) is 0 Å². The van der Waals surface area contributed by atoms with Crippen molar-refractivity contribution in [2.24, 2.45) is 5.92 Å². The fourth-order valence-electron chi connectivity index (χ4n) is 3.35. The lowest BCUT2D eigenvalue weighted by Gasteiger charge is -2.33. The third-order valence-electron chi connectivity index (χ3n) is 5.05. The fraction of sp³-hybridized carbons (Fsp3) is 0.409. The van der Waals surface area contributed by atoms with Gasteiger partial charge in [0.25, 0.3) is 5.91 Å². The average Bonchev–Trinajstić information content (AvgIpc) is 2.74. The van der Waals surface area contributed by atoms with E-state index in [-0.39, 0.29) is 17.7 Å². The Morgan fingerprint density at radius 2 is 2.04 bits per heavy atom. The number of amides is 2. The van der Waals surface area contributed by atoms with Crippen molar-refractivity contribution >= 4 is 17.6 Å². The van der Waals surface area contributed by atoms with E-state index in [4.69, 9.17) is 4.74 Å². The molecule has 2 unspecified atom stereocenters. The summed E-state index contributed by atoms with van der Waals surface area (Å²) in [6, 6.07) is 13.5. The van der Waals surface area contributed by atoms with Crippen molar-refractivity contribution < 1.29 is 14.3 Å². The monoisotopic (exact) mass is 381 g/mol. The molecule has 6 heteroatoms. The maximum atomic E-state index is 12.8. The Labute approximate surface area is 165 Å². The van der Waals surface area contributed by atoms with Crippen molar-refractivity contribution in [2.45, 2.75) is 39.4 Å². The number of aromatic nitrogens is 1. The normalized spacial score (nSPS) is 17.8. The van der Waals surface area contributed by atoms with Gasteiger partial charge in [0.1, 0.15) is 11.9 Å². The minimum atomic E-state index is -0.542. The van der Waals surface area contributed by atoms with E-state index in [0.29, 0.717) is 25.5 Å². The summed E-state index contributed by atoms with van der Waals surface area (Å²) >= 11 is 0. The van der Waals surface area contributed by atoms with Gasteiger partial charge in [-0.1, -0.05) is 36.4 Å². The van der Waals surface area contributed by atoms with Crippen LogP contribution in [0.2, 0.25) is 0 Å². The smallest absolute Gasteiger partial charge is 0.251 e. The van der Waals surface area contributed by atoms with Gasteiger partial charge in [-0.3, -0.25) is 9.59 Å². The Hall–Kier alpha value is -2.73. The number of hydrogen-bond acceptors (Lipinski definition) is 4. The van der Waals surface area contributed by atoms with Gasteiger partial charge in [0, 0.05) is 19.3 Å². The van der Waals surface area contributed by atoms with Gasteiger partial charge in [-0.15, -0.1) is 0 Å². The predicted molar refractivity (Wildman–Crippen MR) is 108 cm³/mol. The third-order valence-corrected chi connectivity index (χ3v) is 5.05. The number of pyridine rings is 1. The molecule has 1 aromatic carbocycles. The van der Waals surface area contributed by atoms with Crippen LogP contribution < -0.4 is 5.32 Å². The van der Waals surface area contributed by atoms with E-state index in [0.717, 1.165) is 24.0 Å². The second kappa shape index (κ2) is 9.46.